The number of anilines is 2. The molecular formula is C22H25N5O4. The van der Waals surface area contributed by atoms with Crippen molar-refractivity contribution in [3.8, 4) is 17.1 Å². The number of hydrogen-bond donors (Lipinski definition) is 5. The minimum atomic E-state index is -0.636. The molecule has 1 unspecified atom stereocenters. The van der Waals surface area contributed by atoms with Crippen LogP contribution in [0.5, 0.6) is 5.75 Å². The Hall–Kier alpha value is -3.27. The van der Waals surface area contributed by atoms with Crippen LogP contribution in [0.2, 0.25) is 0 Å². The van der Waals surface area contributed by atoms with E-state index in [1.165, 1.54) is 5.56 Å². The van der Waals surface area contributed by atoms with Gasteiger partial charge in [0.15, 0.2) is 5.82 Å². The van der Waals surface area contributed by atoms with Gasteiger partial charge in [0.25, 0.3) is 0 Å². The Bertz CT molecular complexity index is 1040. The lowest BCUT2D eigenvalue weighted by Gasteiger charge is -2.36. The van der Waals surface area contributed by atoms with Crippen molar-refractivity contribution in [1.29, 1.82) is 0 Å². The second-order valence-electron chi connectivity index (χ2n) is 7.38. The van der Waals surface area contributed by atoms with E-state index in [2.05, 4.69) is 26.3 Å². The van der Waals surface area contributed by atoms with Crippen LogP contribution in [0, 0.1) is 0 Å². The average molecular weight is 423 g/mol. The van der Waals surface area contributed by atoms with Gasteiger partial charge in [-0.2, -0.15) is 15.0 Å². The Morgan fingerprint density at radius 1 is 1.00 bits per heavy atom. The second-order valence-corrected chi connectivity index (χ2v) is 7.38. The zero-order valence-electron chi connectivity index (χ0n) is 16.9. The van der Waals surface area contributed by atoms with Gasteiger partial charge in [0.05, 0.1) is 31.9 Å². The third-order valence-corrected chi connectivity index (χ3v) is 5.34. The van der Waals surface area contributed by atoms with Gasteiger partial charge in [-0.15, -0.1) is 0 Å². The molecule has 0 bridgehead atoms. The van der Waals surface area contributed by atoms with Gasteiger partial charge < -0.3 is 30.6 Å². The molecule has 2 aromatic carbocycles. The van der Waals surface area contributed by atoms with Crippen molar-refractivity contribution in [2.24, 2.45) is 0 Å². The molecule has 2 heterocycles. The summed E-state index contributed by atoms with van der Waals surface area (Å²) in [5.41, 5.74) is 2.79. The predicted octanol–water partition coefficient (Wildman–Crippen LogP) is 1.11. The number of phenolic OH excluding ortho intramolecular Hbond substituents is 1. The van der Waals surface area contributed by atoms with E-state index in [4.69, 9.17) is 0 Å². The summed E-state index contributed by atoms with van der Waals surface area (Å²) in [4.78, 5) is 15.5. The third-order valence-electron chi connectivity index (χ3n) is 5.34. The smallest absolute Gasteiger partial charge is 0.231 e. The maximum absolute atomic E-state index is 10.2. The molecule has 0 fully saturated rings. The van der Waals surface area contributed by atoms with Gasteiger partial charge in [-0.3, -0.25) is 0 Å². The molecule has 4 rings (SSSR count). The van der Waals surface area contributed by atoms with Crippen molar-refractivity contribution < 1.29 is 20.4 Å². The number of aromatic nitrogens is 3. The van der Waals surface area contributed by atoms with E-state index in [0.717, 1.165) is 12.0 Å². The van der Waals surface area contributed by atoms with Crippen molar-refractivity contribution in [3.63, 3.8) is 0 Å². The highest BCUT2D eigenvalue weighted by Crippen LogP contribution is 2.33. The number of nitrogens with one attached hydrogen (secondary N) is 1. The van der Waals surface area contributed by atoms with E-state index in [9.17, 15) is 20.4 Å². The van der Waals surface area contributed by atoms with Crippen molar-refractivity contribution >= 4 is 11.9 Å². The van der Waals surface area contributed by atoms with Crippen LogP contribution in [-0.2, 0) is 6.42 Å². The van der Waals surface area contributed by atoms with Crippen LogP contribution in [0.3, 0.4) is 0 Å². The van der Waals surface area contributed by atoms with E-state index in [0.29, 0.717) is 23.9 Å². The molecule has 0 spiro atoms. The first kappa shape index (κ1) is 21.0. The molecule has 9 heteroatoms. The molecule has 0 aliphatic carbocycles. The number of aromatic hydroxyl groups is 1. The fraction of sp³-hybridized carbons (Fsp3) is 0.318. The van der Waals surface area contributed by atoms with E-state index in [1.807, 2.05) is 23.1 Å². The Morgan fingerprint density at radius 3 is 2.55 bits per heavy atom. The highest BCUT2D eigenvalue weighted by molar-refractivity contribution is 5.61. The average Bonchev–Trinajstić information content (AvgIpc) is 2.81. The molecule has 1 aliphatic heterocycles. The summed E-state index contributed by atoms with van der Waals surface area (Å²) in [5.74, 6) is 0.956. The number of aliphatic hydroxyl groups excluding tert-OH is 3. The molecule has 0 saturated carbocycles. The van der Waals surface area contributed by atoms with Crippen LogP contribution in [0.4, 0.5) is 11.9 Å². The van der Waals surface area contributed by atoms with Crippen LogP contribution >= 0.6 is 0 Å². The summed E-state index contributed by atoms with van der Waals surface area (Å²) in [6.07, 6.45) is 0.776. The van der Waals surface area contributed by atoms with E-state index < -0.39 is 6.04 Å². The van der Waals surface area contributed by atoms with Crippen molar-refractivity contribution in [3.05, 3.63) is 59.7 Å². The minimum Gasteiger partial charge on any atom is -0.508 e. The Morgan fingerprint density at radius 2 is 1.81 bits per heavy atom. The topological polar surface area (TPSA) is 135 Å². The molecule has 9 nitrogen and oxygen atoms in total. The zero-order valence-corrected chi connectivity index (χ0v) is 16.9. The molecule has 162 valence electrons. The highest BCUT2D eigenvalue weighted by Gasteiger charge is 2.29. The molecule has 0 amide bonds. The highest BCUT2D eigenvalue weighted by atomic mass is 16.3. The van der Waals surface area contributed by atoms with E-state index in [-0.39, 0.29) is 37.6 Å². The van der Waals surface area contributed by atoms with Crippen molar-refractivity contribution in [1.82, 2.24) is 15.0 Å². The van der Waals surface area contributed by atoms with E-state index in [1.54, 1.807) is 24.3 Å². The van der Waals surface area contributed by atoms with Crippen LogP contribution in [-0.4, -0.2) is 67.8 Å². The summed E-state index contributed by atoms with van der Waals surface area (Å²) >= 11 is 0. The van der Waals surface area contributed by atoms with Gasteiger partial charge in [-0.1, -0.05) is 36.4 Å². The number of benzene rings is 2. The molecule has 1 atom stereocenters. The van der Waals surface area contributed by atoms with Gasteiger partial charge >= 0.3 is 0 Å². The fourth-order valence-corrected chi connectivity index (χ4v) is 3.75. The molecule has 1 aromatic heterocycles. The maximum Gasteiger partial charge on any atom is 0.231 e. The van der Waals surface area contributed by atoms with Crippen molar-refractivity contribution in [2.75, 3.05) is 36.6 Å². The number of nitrogens with zero attached hydrogens (tertiary/aromatic N) is 4. The maximum atomic E-state index is 10.2. The predicted molar refractivity (Wildman–Crippen MR) is 116 cm³/mol. The molecule has 5 N–H and O–H groups in total. The first-order valence-corrected chi connectivity index (χ1v) is 10.1. The molecule has 1 aliphatic rings. The Balaban J connectivity index is 1.78. The van der Waals surface area contributed by atoms with Crippen LogP contribution < -0.4 is 10.2 Å². The van der Waals surface area contributed by atoms with Crippen LogP contribution in [0.1, 0.15) is 17.2 Å². The first-order valence-electron chi connectivity index (χ1n) is 10.1. The van der Waals surface area contributed by atoms with E-state index >= 15 is 0 Å². The Labute approximate surface area is 179 Å². The monoisotopic (exact) mass is 423 g/mol. The molecule has 0 saturated heterocycles. The largest absolute Gasteiger partial charge is 0.508 e. The molecule has 0 radical (unpaired) electrons. The third kappa shape index (κ3) is 4.43. The van der Waals surface area contributed by atoms with Crippen molar-refractivity contribution in [2.45, 2.75) is 18.5 Å². The SMILES string of the molecule is OCC(CO)Nc1nc(-c2cccc(O)c2)nc(N2CCc3ccccc3C2CO)n1. The fourth-order valence-electron chi connectivity index (χ4n) is 3.75. The quantitative estimate of drug-likeness (QED) is 0.379. The van der Waals surface area contributed by atoms with Gasteiger partial charge in [-0.05, 0) is 29.7 Å². The van der Waals surface area contributed by atoms with Crippen LogP contribution in [0.15, 0.2) is 48.5 Å². The minimum absolute atomic E-state index is 0.0812. The van der Waals surface area contributed by atoms with Gasteiger partial charge in [0, 0.05) is 12.1 Å². The van der Waals surface area contributed by atoms with Gasteiger partial charge in [0.2, 0.25) is 11.9 Å². The summed E-state index contributed by atoms with van der Waals surface area (Å²) in [6, 6.07) is 13.6. The molecular weight excluding hydrogens is 398 g/mol. The van der Waals surface area contributed by atoms with Gasteiger partial charge in [-0.25, -0.2) is 0 Å². The lowest BCUT2D eigenvalue weighted by Crippen LogP contribution is -2.39. The zero-order chi connectivity index (χ0) is 21.8. The first-order chi connectivity index (χ1) is 15.1. The summed E-state index contributed by atoms with van der Waals surface area (Å²) in [6.45, 7) is -0.0952. The van der Waals surface area contributed by atoms with Crippen LogP contribution in [0.25, 0.3) is 11.4 Å². The number of phenols is 1. The lowest BCUT2D eigenvalue weighted by molar-refractivity contribution is 0.203. The van der Waals surface area contributed by atoms with Gasteiger partial charge in [0.1, 0.15) is 5.75 Å². The standard InChI is InChI=1S/C22H25N5O4/c28-11-16(12-29)23-21-24-20(15-5-3-6-17(31)10-15)25-22(26-21)27-9-8-14-4-1-2-7-18(14)19(27)13-30/h1-7,10,16,19,28-31H,8-9,11-13H2,(H,23,24,25,26). The Kier molecular flexibility index (Phi) is 6.26. The molecule has 31 heavy (non-hydrogen) atoms. The lowest BCUT2D eigenvalue weighted by atomic mass is 9.93. The summed E-state index contributed by atoms with van der Waals surface area (Å²) in [5, 5.41) is 41.8. The normalized spacial score (nSPS) is 15.7. The summed E-state index contributed by atoms with van der Waals surface area (Å²) < 4.78 is 0. The number of fused-ring (bicyclic) bond motifs is 1. The molecule has 3 aromatic rings. The summed E-state index contributed by atoms with van der Waals surface area (Å²) in [7, 11) is 0. The number of hydrogen-bond acceptors (Lipinski definition) is 9. The second kappa shape index (κ2) is 9.25. The number of aliphatic hydroxyl groups is 3. The number of rotatable bonds is 7.